The van der Waals surface area contributed by atoms with Crippen molar-refractivity contribution >= 4 is 21.8 Å². The summed E-state index contributed by atoms with van der Waals surface area (Å²) in [5.74, 6) is -0.146. The van der Waals surface area contributed by atoms with Gasteiger partial charge in [-0.2, -0.15) is 0 Å². The summed E-state index contributed by atoms with van der Waals surface area (Å²) >= 11 is 3.13. The van der Waals surface area contributed by atoms with Crippen LogP contribution in [0.1, 0.15) is 16.8 Å². The molecule has 0 atom stereocenters. The molecular weight excluding hydrogens is 238 g/mol. The smallest absolute Gasteiger partial charge is 0.280 e. The lowest BCUT2D eigenvalue weighted by Gasteiger charge is -2.11. The lowest BCUT2D eigenvalue weighted by Crippen LogP contribution is -2.25. The Balaban J connectivity index is 2.12. The van der Waals surface area contributed by atoms with E-state index in [2.05, 4.69) is 15.9 Å². The Morgan fingerprint density at radius 1 is 1.62 bits per heavy atom. The molecule has 1 aliphatic rings. The van der Waals surface area contributed by atoms with E-state index in [9.17, 15) is 4.79 Å². The van der Waals surface area contributed by atoms with Gasteiger partial charge in [-0.05, 0) is 22.4 Å². The Kier molecular flexibility index (Phi) is 2.37. The Labute approximate surface area is 83.5 Å². The van der Waals surface area contributed by atoms with Gasteiger partial charge in [-0.3, -0.25) is 9.63 Å². The van der Waals surface area contributed by atoms with Crippen molar-refractivity contribution in [2.75, 3.05) is 13.2 Å². The molecule has 0 radical (unpaired) electrons. The number of hydrogen-bond donors (Lipinski definition) is 0. The van der Waals surface area contributed by atoms with Crippen LogP contribution in [-0.4, -0.2) is 24.1 Å². The van der Waals surface area contributed by atoms with Crippen LogP contribution in [0.25, 0.3) is 0 Å². The first-order chi connectivity index (χ1) is 6.27. The van der Waals surface area contributed by atoms with E-state index in [-0.39, 0.29) is 5.91 Å². The van der Waals surface area contributed by atoms with Crippen molar-refractivity contribution in [1.29, 1.82) is 0 Å². The summed E-state index contributed by atoms with van der Waals surface area (Å²) in [6.07, 6.45) is 2.30. The highest BCUT2D eigenvalue weighted by atomic mass is 79.9. The summed E-state index contributed by atoms with van der Waals surface area (Å²) in [4.78, 5) is 16.7. The Bertz CT molecular complexity index is 317. The number of amides is 1. The van der Waals surface area contributed by atoms with Crippen LogP contribution in [0.3, 0.4) is 0 Å². The highest BCUT2D eigenvalue weighted by Gasteiger charge is 2.22. The zero-order valence-corrected chi connectivity index (χ0v) is 8.41. The van der Waals surface area contributed by atoms with Crippen molar-refractivity contribution < 1.29 is 14.0 Å². The predicted molar refractivity (Wildman–Crippen MR) is 48.0 cm³/mol. The van der Waals surface area contributed by atoms with Crippen LogP contribution in [0, 0.1) is 0 Å². The normalized spacial score (nSPS) is 16.5. The number of carbonyl (C=O) groups excluding carboxylic acids is 1. The Morgan fingerprint density at radius 2 is 2.46 bits per heavy atom. The molecule has 0 unspecified atom stereocenters. The fourth-order valence-electron chi connectivity index (χ4n) is 1.17. The van der Waals surface area contributed by atoms with Gasteiger partial charge in [0.2, 0.25) is 0 Å². The van der Waals surface area contributed by atoms with Crippen molar-refractivity contribution in [2.45, 2.75) is 6.42 Å². The van der Waals surface area contributed by atoms with Crippen LogP contribution in [0.15, 0.2) is 21.4 Å². The average Bonchev–Trinajstić information content (AvgIpc) is 2.72. The van der Waals surface area contributed by atoms with Gasteiger partial charge in [-0.15, -0.1) is 0 Å². The maximum absolute atomic E-state index is 11.6. The van der Waals surface area contributed by atoms with Crippen molar-refractivity contribution in [1.82, 2.24) is 5.06 Å². The maximum Gasteiger partial charge on any atom is 0.280 e. The standard InChI is InChI=1S/C8H8BrNO3/c9-7-4-6(5-12-7)8(11)10-2-1-3-13-10/h4-5H,1-3H2. The maximum atomic E-state index is 11.6. The van der Waals surface area contributed by atoms with Crippen molar-refractivity contribution in [3.05, 3.63) is 22.6 Å². The molecule has 0 spiro atoms. The number of rotatable bonds is 1. The summed E-state index contributed by atoms with van der Waals surface area (Å²) in [7, 11) is 0. The molecule has 0 bridgehead atoms. The largest absolute Gasteiger partial charge is 0.457 e. The highest BCUT2D eigenvalue weighted by Crippen LogP contribution is 2.17. The van der Waals surface area contributed by atoms with Crippen LogP contribution in [-0.2, 0) is 4.84 Å². The number of hydroxylamine groups is 2. The Hall–Kier alpha value is -0.810. The first-order valence-corrected chi connectivity index (χ1v) is 4.75. The van der Waals surface area contributed by atoms with Gasteiger partial charge in [0.25, 0.3) is 5.91 Å². The molecule has 13 heavy (non-hydrogen) atoms. The van der Waals surface area contributed by atoms with E-state index in [4.69, 9.17) is 9.25 Å². The second kappa shape index (κ2) is 3.51. The predicted octanol–water partition coefficient (Wildman–Crippen LogP) is 1.82. The van der Waals surface area contributed by atoms with Gasteiger partial charge in [0.05, 0.1) is 18.7 Å². The van der Waals surface area contributed by atoms with Gasteiger partial charge >= 0.3 is 0 Å². The number of hydrogen-bond acceptors (Lipinski definition) is 3. The third-order valence-electron chi connectivity index (χ3n) is 1.79. The summed E-state index contributed by atoms with van der Waals surface area (Å²) in [6, 6.07) is 1.63. The zero-order valence-electron chi connectivity index (χ0n) is 6.83. The topological polar surface area (TPSA) is 42.7 Å². The van der Waals surface area contributed by atoms with E-state index in [1.807, 2.05) is 0 Å². The molecule has 4 nitrogen and oxygen atoms in total. The minimum Gasteiger partial charge on any atom is -0.457 e. The van der Waals surface area contributed by atoms with E-state index < -0.39 is 0 Å². The monoisotopic (exact) mass is 245 g/mol. The number of carbonyl (C=O) groups is 1. The Morgan fingerprint density at radius 3 is 3.00 bits per heavy atom. The lowest BCUT2D eigenvalue weighted by molar-refractivity contribution is -0.0768. The number of halogens is 1. The second-order valence-electron chi connectivity index (χ2n) is 2.73. The molecule has 1 amide bonds. The third-order valence-corrected chi connectivity index (χ3v) is 2.21. The molecule has 0 aromatic carbocycles. The zero-order chi connectivity index (χ0) is 9.26. The van der Waals surface area contributed by atoms with Crippen LogP contribution >= 0.6 is 15.9 Å². The quantitative estimate of drug-likeness (QED) is 0.758. The molecule has 1 aromatic rings. The molecule has 2 rings (SSSR count). The summed E-state index contributed by atoms with van der Waals surface area (Å²) in [6.45, 7) is 1.27. The van der Waals surface area contributed by atoms with Crippen LogP contribution in [0.4, 0.5) is 0 Å². The number of nitrogens with zero attached hydrogens (tertiary/aromatic N) is 1. The molecule has 0 N–H and O–H groups in total. The van der Waals surface area contributed by atoms with E-state index in [1.165, 1.54) is 11.3 Å². The molecule has 1 aromatic heterocycles. The fraction of sp³-hybridized carbons (Fsp3) is 0.375. The lowest BCUT2D eigenvalue weighted by atomic mass is 10.3. The molecule has 2 heterocycles. The van der Waals surface area contributed by atoms with Crippen LogP contribution in [0.2, 0.25) is 0 Å². The average molecular weight is 246 g/mol. The van der Waals surface area contributed by atoms with Crippen LogP contribution < -0.4 is 0 Å². The molecule has 1 aliphatic heterocycles. The third kappa shape index (κ3) is 1.76. The van der Waals surface area contributed by atoms with Gasteiger partial charge in [0.1, 0.15) is 6.26 Å². The summed E-state index contributed by atoms with van der Waals surface area (Å²) in [5.41, 5.74) is 0.508. The number of furan rings is 1. The SMILES string of the molecule is O=C(c1coc(Br)c1)N1CCCO1. The van der Waals surface area contributed by atoms with Gasteiger partial charge in [0, 0.05) is 6.07 Å². The fourth-order valence-corrected chi connectivity index (χ4v) is 1.51. The molecule has 0 saturated carbocycles. The van der Waals surface area contributed by atoms with E-state index in [0.717, 1.165) is 6.42 Å². The van der Waals surface area contributed by atoms with Crippen molar-refractivity contribution in [3.63, 3.8) is 0 Å². The molecular formula is C8H8BrNO3. The first kappa shape index (κ1) is 8.77. The minimum absolute atomic E-state index is 0.146. The summed E-state index contributed by atoms with van der Waals surface area (Å²) in [5, 5.41) is 1.36. The molecule has 0 aliphatic carbocycles. The highest BCUT2D eigenvalue weighted by molar-refractivity contribution is 9.10. The van der Waals surface area contributed by atoms with E-state index >= 15 is 0 Å². The van der Waals surface area contributed by atoms with E-state index in [0.29, 0.717) is 23.4 Å². The van der Waals surface area contributed by atoms with Gasteiger partial charge < -0.3 is 4.42 Å². The first-order valence-electron chi connectivity index (χ1n) is 3.96. The molecule has 5 heteroatoms. The van der Waals surface area contributed by atoms with Gasteiger partial charge in [0.15, 0.2) is 4.67 Å². The molecule has 1 fully saturated rings. The van der Waals surface area contributed by atoms with Crippen molar-refractivity contribution in [2.24, 2.45) is 0 Å². The van der Waals surface area contributed by atoms with Gasteiger partial charge in [-0.25, -0.2) is 5.06 Å². The van der Waals surface area contributed by atoms with Crippen LogP contribution in [0.5, 0.6) is 0 Å². The summed E-state index contributed by atoms with van der Waals surface area (Å²) < 4.78 is 5.51. The van der Waals surface area contributed by atoms with Crippen molar-refractivity contribution in [3.8, 4) is 0 Å². The molecule has 70 valence electrons. The minimum atomic E-state index is -0.146. The molecule has 1 saturated heterocycles. The van der Waals surface area contributed by atoms with Gasteiger partial charge in [-0.1, -0.05) is 0 Å². The van der Waals surface area contributed by atoms with E-state index in [1.54, 1.807) is 6.07 Å². The second-order valence-corrected chi connectivity index (χ2v) is 3.52.